The lowest BCUT2D eigenvalue weighted by Gasteiger charge is -2.24. The number of carbonyl (C=O) groups excluding carboxylic acids is 1. The van der Waals surface area contributed by atoms with Crippen molar-refractivity contribution in [1.29, 1.82) is 0 Å². The lowest BCUT2D eigenvalue weighted by molar-refractivity contribution is 0.0929. The van der Waals surface area contributed by atoms with E-state index in [1.165, 1.54) is 24.3 Å². The largest absolute Gasteiger partial charge is 0.345 e. The summed E-state index contributed by atoms with van der Waals surface area (Å²) in [5, 5.41) is 7.22. The van der Waals surface area contributed by atoms with Crippen molar-refractivity contribution in [2.75, 3.05) is 0 Å². The zero-order chi connectivity index (χ0) is 19.0. The summed E-state index contributed by atoms with van der Waals surface area (Å²) in [5.74, 6) is -1.61. The first-order valence-corrected chi connectivity index (χ1v) is 9.00. The maximum Gasteiger partial charge on any atom is 0.256 e. The SMILES string of the molecule is O=C(N[C@@H]1CCCc2c1cnn2-c1ccccc1F)c1c(F)cccc1Cl. The molecule has 1 aromatic heterocycles. The average molecular weight is 388 g/mol. The summed E-state index contributed by atoms with van der Waals surface area (Å²) in [6, 6.07) is 10.2. The van der Waals surface area contributed by atoms with Gasteiger partial charge in [0.1, 0.15) is 17.3 Å². The van der Waals surface area contributed by atoms with E-state index in [0.29, 0.717) is 12.1 Å². The van der Waals surface area contributed by atoms with Crippen LogP contribution in [0.2, 0.25) is 5.02 Å². The van der Waals surface area contributed by atoms with Crippen LogP contribution >= 0.6 is 11.6 Å². The Labute approximate surface area is 159 Å². The summed E-state index contributed by atoms with van der Waals surface area (Å²) in [4.78, 5) is 12.6. The van der Waals surface area contributed by atoms with Crippen LogP contribution in [0.4, 0.5) is 8.78 Å². The van der Waals surface area contributed by atoms with Crippen LogP contribution in [0.25, 0.3) is 5.69 Å². The van der Waals surface area contributed by atoms with Gasteiger partial charge in [0.25, 0.3) is 5.91 Å². The van der Waals surface area contributed by atoms with E-state index in [0.717, 1.165) is 24.1 Å². The van der Waals surface area contributed by atoms with E-state index in [9.17, 15) is 13.6 Å². The lowest BCUT2D eigenvalue weighted by atomic mass is 9.92. The van der Waals surface area contributed by atoms with Gasteiger partial charge in [0.2, 0.25) is 0 Å². The van der Waals surface area contributed by atoms with E-state index in [-0.39, 0.29) is 22.4 Å². The highest BCUT2D eigenvalue weighted by Gasteiger charge is 2.28. The molecule has 0 radical (unpaired) electrons. The normalized spacial score (nSPS) is 16.0. The lowest BCUT2D eigenvalue weighted by Crippen LogP contribution is -2.31. The van der Waals surface area contributed by atoms with Crippen molar-refractivity contribution in [1.82, 2.24) is 15.1 Å². The number of rotatable bonds is 3. The Kier molecular flexibility index (Phi) is 4.66. The monoisotopic (exact) mass is 387 g/mol. The van der Waals surface area contributed by atoms with Gasteiger partial charge in [0.05, 0.1) is 22.8 Å². The Balaban J connectivity index is 1.65. The number of para-hydroxylation sites is 1. The first-order valence-electron chi connectivity index (χ1n) is 8.63. The quantitative estimate of drug-likeness (QED) is 0.713. The van der Waals surface area contributed by atoms with E-state index in [1.54, 1.807) is 29.1 Å². The molecule has 3 aromatic rings. The van der Waals surface area contributed by atoms with Crippen molar-refractivity contribution in [3.63, 3.8) is 0 Å². The molecule has 0 saturated heterocycles. The first kappa shape index (κ1) is 17.7. The molecule has 1 amide bonds. The summed E-state index contributed by atoms with van der Waals surface area (Å²) in [7, 11) is 0. The molecule has 138 valence electrons. The Morgan fingerprint density at radius 1 is 1.15 bits per heavy atom. The number of fused-ring (bicyclic) bond motifs is 1. The molecule has 1 aliphatic rings. The number of carbonyl (C=O) groups is 1. The van der Waals surface area contributed by atoms with Gasteiger partial charge >= 0.3 is 0 Å². The van der Waals surface area contributed by atoms with E-state index < -0.39 is 11.7 Å². The molecule has 0 unspecified atom stereocenters. The second-order valence-electron chi connectivity index (χ2n) is 6.42. The Hall–Kier alpha value is -2.73. The zero-order valence-electron chi connectivity index (χ0n) is 14.3. The molecule has 1 atom stereocenters. The molecule has 4 rings (SSSR count). The second kappa shape index (κ2) is 7.12. The third-order valence-electron chi connectivity index (χ3n) is 4.76. The topological polar surface area (TPSA) is 46.9 Å². The highest BCUT2D eigenvalue weighted by molar-refractivity contribution is 6.33. The number of nitrogens with one attached hydrogen (secondary N) is 1. The molecular weight excluding hydrogens is 372 g/mol. The number of halogens is 3. The highest BCUT2D eigenvalue weighted by Crippen LogP contribution is 2.32. The Morgan fingerprint density at radius 3 is 2.70 bits per heavy atom. The van der Waals surface area contributed by atoms with Crippen LogP contribution in [0.15, 0.2) is 48.7 Å². The van der Waals surface area contributed by atoms with Crippen LogP contribution in [0, 0.1) is 11.6 Å². The number of hydrogen-bond donors (Lipinski definition) is 1. The average Bonchev–Trinajstić information content (AvgIpc) is 3.07. The fourth-order valence-corrected chi connectivity index (χ4v) is 3.73. The van der Waals surface area contributed by atoms with Crippen molar-refractivity contribution in [3.8, 4) is 5.69 Å². The smallest absolute Gasteiger partial charge is 0.256 e. The van der Waals surface area contributed by atoms with E-state index >= 15 is 0 Å². The first-order chi connectivity index (χ1) is 13.1. The molecular formula is C20H16ClF2N3O. The summed E-state index contributed by atoms with van der Waals surface area (Å²) in [6.07, 6.45) is 3.84. The minimum atomic E-state index is -0.668. The molecule has 1 heterocycles. The summed E-state index contributed by atoms with van der Waals surface area (Å²) in [5.41, 5.74) is 1.84. The number of hydrogen-bond acceptors (Lipinski definition) is 2. The molecule has 0 bridgehead atoms. The molecule has 1 aliphatic carbocycles. The molecule has 1 N–H and O–H groups in total. The molecule has 4 nitrogen and oxygen atoms in total. The van der Waals surface area contributed by atoms with Gasteiger partial charge < -0.3 is 5.32 Å². The second-order valence-corrected chi connectivity index (χ2v) is 6.83. The fraction of sp³-hybridized carbons (Fsp3) is 0.200. The summed E-state index contributed by atoms with van der Waals surface area (Å²) >= 11 is 5.98. The molecule has 7 heteroatoms. The predicted molar refractivity (Wildman–Crippen MR) is 98.1 cm³/mol. The molecule has 0 fully saturated rings. The van der Waals surface area contributed by atoms with Gasteiger partial charge in [0, 0.05) is 11.3 Å². The van der Waals surface area contributed by atoms with E-state index in [1.807, 2.05) is 0 Å². The van der Waals surface area contributed by atoms with Crippen LogP contribution in [-0.4, -0.2) is 15.7 Å². The van der Waals surface area contributed by atoms with Gasteiger partial charge in [-0.15, -0.1) is 0 Å². The minimum absolute atomic E-state index is 0.0607. The predicted octanol–water partition coefficient (Wildman–Crippen LogP) is 4.61. The maximum atomic E-state index is 14.2. The zero-order valence-corrected chi connectivity index (χ0v) is 15.0. The number of benzene rings is 2. The van der Waals surface area contributed by atoms with Crippen LogP contribution in [0.5, 0.6) is 0 Å². The third kappa shape index (κ3) is 3.21. The van der Waals surface area contributed by atoms with Crippen LogP contribution in [0.1, 0.15) is 40.5 Å². The minimum Gasteiger partial charge on any atom is -0.345 e. The number of aromatic nitrogens is 2. The molecule has 27 heavy (non-hydrogen) atoms. The van der Waals surface area contributed by atoms with Gasteiger partial charge in [-0.2, -0.15) is 5.10 Å². The van der Waals surface area contributed by atoms with Crippen molar-refractivity contribution in [3.05, 3.63) is 82.1 Å². The standard InChI is InChI=1S/C20H16ClF2N3O/c21-13-5-3-7-15(23)19(13)20(27)25-16-8-4-10-17-12(16)11-24-26(17)18-9-2-1-6-14(18)22/h1-3,5-7,9,11,16H,4,8,10H2,(H,25,27)/t16-/m1/s1. The van der Waals surface area contributed by atoms with Gasteiger partial charge in [0.15, 0.2) is 0 Å². The van der Waals surface area contributed by atoms with Crippen molar-refractivity contribution < 1.29 is 13.6 Å². The number of nitrogens with zero attached hydrogens (tertiary/aromatic N) is 2. The molecule has 0 aliphatic heterocycles. The summed E-state index contributed by atoms with van der Waals surface area (Å²) in [6.45, 7) is 0. The fourth-order valence-electron chi connectivity index (χ4n) is 3.48. The maximum absolute atomic E-state index is 14.2. The summed E-state index contributed by atoms with van der Waals surface area (Å²) < 4.78 is 29.7. The highest BCUT2D eigenvalue weighted by atomic mass is 35.5. The molecule has 0 spiro atoms. The van der Waals surface area contributed by atoms with E-state index in [2.05, 4.69) is 10.4 Å². The molecule has 2 aromatic carbocycles. The third-order valence-corrected chi connectivity index (χ3v) is 5.07. The van der Waals surface area contributed by atoms with E-state index in [4.69, 9.17) is 11.6 Å². The van der Waals surface area contributed by atoms with Crippen LogP contribution in [0.3, 0.4) is 0 Å². The Bertz CT molecular complexity index is 998. The van der Waals surface area contributed by atoms with Crippen molar-refractivity contribution in [2.45, 2.75) is 25.3 Å². The molecule has 0 saturated carbocycles. The van der Waals surface area contributed by atoms with Crippen molar-refractivity contribution in [2.24, 2.45) is 0 Å². The van der Waals surface area contributed by atoms with Crippen molar-refractivity contribution >= 4 is 17.5 Å². The Morgan fingerprint density at radius 2 is 1.93 bits per heavy atom. The van der Waals surface area contributed by atoms with Crippen LogP contribution in [-0.2, 0) is 6.42 Å². The van der Waals surface area contributed by atoms with Gasteiger partial charge in [-0.05, 0) is 43.5 Å². The van der Waals surface area contributed by atoms with Gasteiger partial charge in [-0.3, -0.25) is 4.79 Å². The van der Waals surface area contributed by atoms with Gasteiger partial charge in [-0.25, -0.2) is 13.5 Å². The van der Waals surface area contributed by atoms with Crippen LogP contribution < -0.4 is 5.32 Å². The van der Waals surface area contributed by atoms with Gasteiger partial charge in [-0.1, -0.05) is 29.8 Å². The number of amides is 1.